The van der Waals surface area contributed by atoms with Crippen molar-refractivity contribution in [2.75, 3.05) is 18.5 Å². The van der Waals surface area contributed by atoms with Crippen molar-refractivity contribution in [1.29, 1.82) is 0 Å². The Morgan fingerprint density at radius 3 is 2.18 bits per heavy atom. The van der Waals surface area contributed by atoms with Crippen LogP contribution in [0, 0.1) is 0 Å². The van der Waals surface area contributed by atoms with Crippen LogP contribution in [0.5, 0.6) is 11.5 Å². The molecule has 2 aromatic rings. The number of hydrogen-bond donors (Lipinski definition) is 2. The van der Waals surface area contributed by atoms with Crippen molar-refractivity contribution in [3.05, 3.63) is 54.1 Å². The molecule has 5 nitrogen and oxygen atoms in total. The quantitative estimate of drug-likeness (QED) is 0.425. The summed E-state index contributed by atoms with van der Waals surface area (Å²) in [5.74, 6) is 1.16. The normalized spacial score (nSPS) is 10.2. The van der Waals surface area contributed by atoms with E-state index in [1.807, 2.05) is 30.3 Å². The van der Waals surface area contributed by atoms with Crippen molar-refractivity contribution in [1.82, 2.24) is 5.32 Å². The molecule has 28 heavy (non-hydrogen) atoms. The Morgan fingerprint density at radius 2 is 1.54 bits per heavy atom. The number of ether oxygens (including phenoxy) is 2. The molecule has 0 saturated carbocycles. The Kier molecular flexibility index (Phi) is 9.28. The van der Waals surface area contributed by atoms with Gasteiger partial charge in [0.25, 0.3) is 5.91 Å². The fraction of sp³-hybridized carbons (Fsp3) is 0.364. The van der Waals surface area contributed by atoms with Crippen LogP contribution in [0.15, 0.2) is 48.5 Å². The van der Waals surface area contributed by atoms with Crippen molar-refractivity contribution >= 4 is 28.9 Å². The molecule has 0 aliphatic carbocycles. The highest BCUT2D eigenvalue weighted by molar-refractivity contribution is 7.80. The zero-order valence-electron chi connectivity index (χ0n) is 16.5. The lowest BCUT2D eigenvalue weighted by Gasteiger charge is -2.12. The van der Waals surface area contributed by atoms with E-state index in [0.29, 0.717) is 24.5 Å². The van der Waals surface area contributed by atoms with Crippen molar-refractivity contribution in [2.45, 2.75) is 39.5 Å². The molecule has 0 atom stereocenters. The minimum Gasteiger partial charge on any atom is -0.494 e. The molecular weight excluding hydrogens is 372 g/mol. The van der Waals surface area contributed by atoms with Gasteiger partial charge in [0, 0.05) is 17.3 Å². The van der Waals surface area contributed by atoms with Gasteiger partial charge in [0.05, 0.1) is 13.2 Å². The number of rotatable bonds is 10. The third kappa shape index (κ3) is 7.56. The summed E-state index contributed by atoms with van der Waals surface area (Å²) >= 11 is 5.27. The van der Waals surface area contributed by atoms with Gasteiger partial charge in [-0.05, 0) is 55.4 Å². The highest BCUT2D eigenvalue weighted by atomic mass is 32.1. The van der Waals surface area contributed by atoms with Crippen LogP contribution in [0.4, 0.5) is 5.69 Å². The van der Waals surface area contributed by atoms with E-state index in [0.717, 1.165) is 37.1 Å². The van der Waals surface area contributed by atoms with Gasteiger partial charge in [-0.1, -0.05) is 38.8 Å². The second-order valence-electron chi connectivity index (χ2n) is 6.37. The fourth-order valence-corrected chi connectivity index (χ4v) is 2.61. The highest BCUT2D eigenvalue weighted by Gasteiger charge is 2.09. The maximum atomic E-state index is 12.4. The smallest absolute Gasteiger partial charge is 0.257 e. The zero-order valence-corrected chi connectivity index (χ0v) is 17.3. The van der Waals surface area contributed by atoms with E-state index in [4.69, 9.17) is 21.7 Å². The third-order valence-electron chi connectivity index (χ3n) is 3.95. The maximum Gasteiger partial charge on any atom is 0.257 e. The zero-order chi connectivity index (χ0) is 20.2. The predicted octanol–water partition coefficient (Wildman–Crippen LogP) is 5.17. The molecule has 0 bridgehead atoms. The van der Waals surface area contributed by atoms with Gasteiger partial charge in [0.1, 0.15) is 11.5 Å². The predicted molar refractivity (Wildman–Crippen MR) is 117 cm³/mol. The lowest BCUT2D eigenvalue weighted by molar-refractivity contribution is 0.0977. The molecule has 0 spiro atoms. The number of benzene rings is 2. The lowest BCUT2D eigenvalue weighted by Crippen LogP contribution is -2.34. The van der Waals surface area contributed by atoms with Crippen LogP contribution in [0.25, 0.3) is 0 Å². The van der Waals surface area contributed by atoms with Gasteiger partial charge in [-0.25, -0.2) is 0 Å². The van der Waals surface area contributed by atoms with Gasteiger partial charge < -0.3 is 14.8 Å². The summed E-state index contributed by atoms with van der Waals surface area (Å²) in [5, 5.41) is 5.94. The van der Waals surface area contributed by atoms with Gasteiger partial charge in [-0.3, -0.25) is 10.1 Å². The average molecular weight is 401 g/mol. The van der Waals surface area contributed by atoms with Gasteiger partial charge in [0.2, 0.25) is 0 Å². The highest BCUT2D eigenvalue weighted by Crippen LogP contribution is 2.18. The Hall–Kier alpha value is -2.60. The van der Waals surface area contributed by atoms with Crippen LogP contribution in [-0.2, 0) is 0 Å². The summed E-state index contributed by atoms with van der Waals surface area (Å²) in [6, 6.07) is 14.6. The molecule has 0 saturated heterocycles. The Balaban J connectivity index is 1.89. The second kappa shape index (κ2) is 12.0. The largest absolute Gasteiger partial charge is 0.494 e. The molecule has 1 amide bonds. The Labute approximate surface area is 172 Å². The van der Waals surface area contributed by atoms with Gasteiger partial charge in [-0.2, -0.15) is 0 Å². The SMILES string of the molecule is CCCCOc1cccc(NC(=S)NC(=O)c2cccc(OCCCC)c2)c1. The Morgan fingerprint density at radius 1 is 0.929 bits per heavy atom. The number of thiocarbonyl (C=S) groups is 1. The molecule has 2 rings (SSSR count). The summed E-state index contributed by atoms with van der Waals surface area (Å²) in [4.78, 5) is 12.4. The number of carbonyl (C=O) groups excluding carboxylic acids is 1. The average Bonchev–Trinajstić information content (AvgIpc) is 2.69. The molecule has 0 aromatic heterocycles. The molecule has 0 aliphatic rings. The summed E-state index contributed by atoms with van der Waals surface area (Å²) in [6.07, 6.45) is 4.13. The summed E-state index contributed by atoms with van der Waals surface area (Å²) < 4.78 is 11.3. The lowest BCUT2D eigenvalue weighted by atomic mass is 10.2. The van der Waals surface area contributed by atoms with E-state index in [9.17, 15) is 4.79 Å². The van der Waals surface area contributed by atoms with Crippen molar-refractivity contribution < 1.29 is 14.3 Å². The number of anilines is 1. The maximum absolute atomic E-state index is 12.4. The van der Waals surface area contributed by atoms with Crippen molar-refractivity contribution in [3.63, 3.8) is 0 Å². The minimum absolute atomic E-state index is 0.230. The second-order valence-corrected chi connectivity index (χ2v) is 6.78. The van der Waals surface area contributed by atoms with E-state index in [2.05, 4.69) is 24.5 Å². The van der Waals surface area contributed by atoms with E-state index < -0.39 is 0 Å². The summed E-state index contributed by atoms with van der Waals surface area (Å²) in [5.41, 5.74) is 1.26. The van der Waals surface area contributed by atoms with Gasteiger partial charge >= 0.3 is 0 Å². The number of unbranched alkanes of at least 4 members (excludes halogenated alkanes) is 2. The molecule has 2 N–H and O–H groups in total. The first kappa shape index (κ1) is 21.7. The van der Waals surface area contributed by atoms with Crippen molar-refractivity contribution in [3.8, 4) is 11.5 Å². The first-order valence-corrected chi connectivity index (χ1v) is 10.1. The standard InChI is InChI=1S/C22H28N2O3S/c1-3-5-13-26-19-11-7-9-17(15-19)21(25)24-22(28)23-18-10-8-12-20(16-18)27-14-6-4-2/h7-12,15-16H,3-6,13-14H2,1-2H3,(H2,23,24,25,28). The summed E-state index contributed by atoms with van der Waals surface area (Å²) in [7, 11) is 0. The van der Waals surface area contributed by atoms with Crippen LogP contribution in [0.1, 0.15) is 49.9 Å². The van der Waals surface area contributed by atoms with E-state index in [1.165, 1.54) is 0 Å². The number of carbonyl (C=O) groups is 1. The molecule has 0 heterocycles. The molecule has 6 heteroatoms. The minimum atomic E-state index is -0.284. The van der Waals surface area contributed by atoms with E-state index >= 15 is 0 Å². The fourth-order valence-electron chi connectivity index (χ4n) is 2.40. The number of hydrogen-bond acceptors (Lipinski definition) is 4. The van der Waals surface area contributed by atoms with Crippen LogP contribution >= 0.6 is 12.2 Å². The third-order valence-corrected chi connectivity index (χ3v) is 4.15. The molecule has 0 aliphatic heterocycles. The molecule has 0 unspecified atom stereocenters. The first-order valence-electron chi connectivity index (χ1n) is 9.70. The van der Waals surface area contributed by atoms with Gasteiger partial charge in [-0.15, -0.1) is 0 Å². The monoisotopic (exact) mass is 400 g/mol. The molecule has 2 aromatic carbocycles. The van der Waals surface area contributed by atoms with Gasteiger partial charge in [0.15, 0.2) is 5.11 Å². The number of amides is 1. The molecule has 150 valence electrons. The van der Waals surface area contributed by atoms with E-state index in [-0.39, 0.29) is 11.0 Å². The summed E-state index contributed by atoms with van der Waals surface area (Å²) in [6.45, 7) is 5.54. The molecule has 0 fully saturated rings. The molecule has 0 radical (unpaired) electrons. The number of nitrogens with one attached hydrogen (secondary N) is 2. The molecular formula is C22H28N2O3S. The van der Waals surface area contributed by atoms with Crippen LogP contribution < -0.4 is 20.1 Å². The Bertz CT molecular complexity index is 780. The van der Waals surface area contributed by atoms with Crippen LogP contribution in [0.2, 0.25) is 0 Å². The van der Waals surface area contributed by atoms with Crippen LogP contribution in [0.3, 0.4) is 0 Å². The topological polar surface area (TPSA) is 59.6 Å². The first-order chi connectivity index (χ1) is 13.6. The van der Waals surface area contributed by atoms with Crippen LogP contribution in [-0.4, -0.2) is 24.2 Å². The van der Waals surface area contributed by atoms with E-state index in [1.54, 1.807) is 18.2 Å². The van der Waals surface area contributed by atoms with Crippen molar-refractivity contribution in [2.24, 2.45) is 0 Å².